The number of carbonyl (C=O) groups is 8. The third-order valence-corrected chi connectivity index (χ3v) is 19.2. The van der Waals surface area contributed by atoms with Crippen LogP contribution in [0.15, 0.2) is 146 Å². The van der Waals surface area contributed by atoms with Crippen molar-refractivity contribution in [1.82, 2.24) is 29.4 Å². The van der Waals surface area contributed by atoms with Gasteiger partial charge < -0.3 is 47.7 Å². The summed E-state index contributed by atoms with van der Waals surface area (Å²) in [6.45, 7) is 11.4. The van der Waals surface area contributed by atoms with E-state index in [1.165, 1.54) is 0 Å². The number of ether oxygens (including phenoxy) is 8. The van der Waals surface area contributed by atoms with Crippen LogP contribution in [0.4, 0.5) is 0 Å². The van der Waals surface area contributed by atoms with E-state index in [1.54, 1.807) is 131 Å². The maximum Gasteiger partial charge on any atom is 0.320 e. The summed E-state index contributed by atoms with van der Waals surface area (Å²) in [5.74, 6) is -3.26. The number of hydrogen-bond donors (Lipinski definition) is 0. The van der Waals surface area contributed by atoms with E-state index in [2.05, 4.69) is 0 Å². The number of epoxide rings is 2. The molecule has 0 spiro atoms. The summed E-state index contributed by atoms with van der Waals surface area (Å²) in [6, 6.07) is 39.6. The molecule has 22 nitrogen and oxygen atoms in total. The summed E-state index contributed by atoms with van der Waals surface area (Å²) in [5.41, 5.74) is 0.124. The molecule has 6 aliphatic rings. The molecule has 4 atom stereocenters. The third-order valence-electron chi connectivity index (χ3n) is 19.2. The number of nitrogens with zero attached hydrogens (tertiary/aromatic N) is 6. The summed E-state index contributed by atoms with van der Waals surface area (Å²) in [4.78, 5) is 131. The van der Waals surface area contributed by atoms with Crippen molar-refractivity contribution in [2.75, 3.05) is 91.9 Å². The number of hydrogen-bond acceptors (Lipinski definition) is 18. The van der Waals surface area contributed by atoms with Gasteiger partial charge in [0.25, 0.3) is 23.6 Å². The van der Waals surface area contributed by atoms with Crippen molar-refractivity contribution in [2.45, 2.75) is 64.8 Å². The predicted molar refractivity (Wildman–Crippen MR) is 369 cm³/mol. The van der Waals surface area contributed by atoms with E-state index in [4.69, 9.17) is 37.9 Å². The molecule has 4 fully saturated rings. The van der Waals surface area contributed by atoms with Crippen LogP contribution in [0.2, 0.25) is 0 Å². The van der Waals surface area contributed by atoms with Gasteiger partial charge in [-0.15, -0.1) is 0 Å². The molecule has 512 valence electrons. The molecule has 0 aliphatic carbocycles. The minimum Gasteiger partial charge on any atom is -0.462 e. The van der Waals surface area contributed by atoms with Crippen LogP contribution >= 0.6 is 0 Å². The number of carbonyl (C=O) groups excluding carboxylic acids is 8. The molecule has 22 heteroatoms. The Morgan fingerprint density at radius 3 is 0.910 bits per heavy atom. The molecule has 0 N–H and O–H groups in total. The number of piperazine rings is 2. The van der Waals surface area contributed by atoms with Gasteiger partial charge >= 0.3 is 11.9 Å². The first-order chi connectivity index (χ1) is 48.5. The van der Waals surface area contributed by atoms with E-state index in [1.807, 2.05) is 61.8 Å². The fourth-order valence-corrected chi connectivity index (χ4v) is 14.3. The summed E-state index contributed by atoms with van der Waals surface area (Å²) in [7, 11) is 0. The number of amides is 6. The van der Waals surface area contributed by atoms with E-state index < -0.39 is 59.5 Å². The summed E-state index contributed by atoms with van der Waals surface area (Å²) in [5, 5.41) is 2.21. The van der Waals surface area contributed by atoms with Crippen LogP contribution in [-0.2, 0) is 38.1 Å². The molecule has 4 saturated heterocycles. The minimum atomic E-state index is -1.29. The van der Waals surface area contributed by atoms with Crippen LogP contribution in [-0.4, -0.2) is 193 Å². The SMILES string of the molecule is CC(C)CC(C(=O)N1CCN(CC(=O)OCC2CO2)CC1)N1C(=O)c2cc(Oc3ccccc3)c3c4c(Oc5ccccc5)cc5c6c(cc(Oc7ccccc7)c(c7c(Oc8ccccc8)cc(c2c37)C1=O)c64)C(=O)N(C(CC(C)C)C(=O)N1CCN(CC(=O)OCC2CO2)CC1)C5=O. The van der Waals surface area contributed by atoms with Crippen molar-refractivity contribution in [3.05, 3.63) is 168 Å². The number of para-hydroxylation sites is 4. The maximum atomic E-state index is 16.3. The first-order valence-corrected chi connectivity index (χ1v) is 34.1. The van der Waals surface area contributed by atoms with Crippen molar-refractivity contribution in [3.63, 3.8) is 0 Å². The fraction of sp³-hybridized carbons (Fsp3) is 0.333. The molecule has 0 saturated carbocycles. The van der Waals surface area contributed by atoms with Crippen molar-refractivity contribution in [3.8, 4) is 46.0 Å². The smallest absolute Gasteiger partial charge is 0.320 e. The predicted octanol–water partition coefficient (Wildman–Crippen LogP) is 11.1. The largest absolute Gasteiger partial charge is 0.462 e. The molecule has 0 bridgehead atoms. The number of imide groups is 2. The molecular weight excluding hydrogens is 1280 g/mol. The molecule has 0 aromatic heterocycles. The quantitative estimate of drug-likeness (QED) is 0.0180. The fourth-order valence-electron chi connectivity index (χ4n) is 14.3. The molecule has 6 heterocycles. The molecule has 100 heavy (non-hydrogen) atoms. The molecule has 9 aromatic carbocycles. The van der Waals surface area contributed by atoms with Crippen LogP contribution in [0.5, 0.6) is 46.0 Å². The second kappa shape index (κ2) is 27.3. The summed E-state index contributed by atoms with van der Waals surface area (Å²) < 4.78 is 49.8. The van der Waals surface area contributed by atoms with Gasteiger partial charge in [-0.25, -0.2) is 0 Å². The second-order valence-electron chi connectivity index (χ2n) is 27.1. The minimum absolute atomic E-state index is 0.0239. The van der Waals surface area contributed by atoms with Crippen molar-refractivity contribution >= 4 is 90.5 Å². The number of benzene rings is 9. The zero-order valence-corrected chi connectivity index (χ0v) is 55.8. The van der Waals surface area contributed by atoms with E-state index in [0.29, 0.717) is 94.7 Å². The molecule has 4 unspecified atom stereocenters. The lowest BCUT2D eigenvalue weighted by Gasteiger charge is -2.40. The van der Waals surface area contributed by atoms with Crippen LogP contribution in [0.25, 0.3) is 43.1 Å². The standard InChI is InChI=1S/C78H74N6O16/c1-45(2)33-57(77(91)81-29-25-79(26-30-81)39-63(85)95-43-51-41-93-51)83-73(87)53-35-59(97-47-17-9-5-10-18-47)67-69-61(99-49-21-13-7-14-22-49)37-55-66-56(76(90)84(75(55)89)58(34-46(3)4)78(92)82-31-27-80(28-32-82)40-64(86)96-44-52-42-94-52)38-62(100-50-23-15-8-16-24-50)70(72(66)69)68-60(98-48-19-11-6-12-20-48)36-54(74(83)88)65(53)71(67)68/h5-24,35-38,45-46,51-52,57-58H,25-34,39-44H2,1-4H3. The van der Waals surface area contributed by atoms with E-state index in [9.17, 15) is 9.59 Å². The van der Waals surface area contributed by atoms with E-state index in [0.717, 1.165) is 9.80 Å². The van der Waals surface area contributed by atoms with Gasteiger partial charge in [-0.2, -0.15) is 0 Å². The highest BCUT2D eigenvalue weighted by Crippen LogP contribution is 2.58. The Bertz CT molecular complexity index is 4200. The zero-order valence-electron chi connectivity index (χ0n) is 55.8. The molecular formula is C78H74N6O16. The zero-order chi connectivity index (χ0) is 69.0. The van der Waals surface area contributed by atoms with E-state index in [-0.39, 0.29) is 145 Å². The van der Waals surface area contributed by atoms with Crippen molar-refractivity contribution < 1.29 is 76.3 Å². The highest BCUT2D eigenvalue weighted by atomic mass is 16.6. The van der Waals surface area contributed by atoms with E-state index >= 15 is 28.8 Å². The Labute approximate surface area is 575 Å². The molecule has 6 aliphatic heterocycles. The van der Waals surface area contributed by atoms with Crippen LogP contribution in [0.3, 0.4) is 0 Å². The lowest BCUT2D eigenvalue weighted by Crippen LogP contribution is -2.58. The Balaban J connectivity index is 0.942. The average molecular weight is 1350 g/mol. The van der Waals surface area contributed by atoms with Crippen molar-refractivity contribution in [1.29, 1.82) is 0 Å². The van der Waals surface area contributed by atoms with Gasteiger partial charge in [-0.3, -0.25) is 58.0 Å². The van der Waals surface area contributed by atoms with Gasteiger partial charge in [0.05, 0.1) is 48.6 Å². The summed E-state index contributed by atoms with van der Waals surface area (Å²) in [6.07, 6.45) is 0.0464. The number of fused-ring (bicyclic) bond motifs is 2. The second-order valence-corrected chi connectivity index (χ2v) is 27.1. The topological polar surface area (TPSA) is 236 Å². The lowest BCUT2D eigenvalue weighted by atomic mass is 9.80. The van der Waals surface area contributed by atoms with Crippen LogP contribution in [0, 0.1) is 11.8 Å². The Hall–Kier alpha value is -10.5. The first kappa shape index (κ1) is 65.4. The maximum absolute atomic E-state index is 16.3. The monoisotopic (exact) mass is 1350 g/mol. The summed E-state index contributed by atoms with van der Waals surface area (Å²) >= 11 is 0. The van der Waals surface area contributed by atoms with Gasteiger partial charge in [0.15, 0.2) is 0 Å². The highest BCUT2D eigenvalue weighted by Gasteiger charge is 2.48. The van der Waals surface area contributed by atoms with Gasteiger partial charge in [0.1, 0.15) is 83.5 Å². The third kappa shape index (κ3) is 12.9. The Morgan fingerprint density at radius 1 is 0.390 bits per heavy atom. The van der Waals surface area contributed by atoms with Gasteiger partial charge in [-0.1, -0.05) is 100 Å². The normalized spacial score (nSPS) is 18.3. The van der Waals surface area contributed by atoms with Crippen LogP contribution in [0.1, 0.15) is 82.0 Å². The number of rotatable bonds is 24. The van der Waals surface area contributed by atoms with Crippen molar-refractivity contribution in [2.24, 2.45) is 11.8 Å². The Morgan fingerprint density at radius 2 is 0.660 bits per heavy atom. The lowest BCUT2D eigenvalue weighted by molar-refractivity contribution is -0.147. The highest BCUT2D eigenvalue weighted by molar-refractivity contribution is 6.45. The molecule has 6 amide bonds. The van der Waals surface area contributed by atoms with Gasteiger partial charge in [0, 0.05) is 95.4 Å². The average Bonchev–Trinajstić information content (AvgIpc) is 1.59. The molecule has 15 rings (SSSR count). The van der Waals surface area contributed by atoms with Gasteiger partial charge in [-0.05, 0) is 97.5 Å². The number of esters is 2. The first-order valence-electron chi connectivity index (χ1n) is 34.1. The van der Waals surface area contributed by atoms with Crippen LogP contribution < -0.4 is 18.9 Å². The Kier molecular flexibility index (Phi) is 17.9. The molecule has 0 radical (unpaired) electrons. The molecule has 9 aromatic rings. The van der Waals surface area contributed by atoms with Gasteiger partial charge in [0.2, 0.25) is 11.8 Å².